The van der Waals surface area contributed by atoms with Gasteiger partial charge in [-0.1, -0.05) is 17.7 Å². The number of piperidine rings is 1. The molecule has 2 aromatic carbocycles. The molecule has 0 bridgehead atoms. The van der Waals surface area contributed by atoms with Gasteiger partial charge >= 0.3 is 0 Å². The highest BCUT2D eigenvalue weighted by Gasteiger charge is 2.35. The summed E-state index contributed by atoms with van der Waals surface area (Å²) >= 11 is 7.60. The maximum atomic E-state index is 13.2. The van der Waals surface area contributed by atoms with Crippen molar-refractivity contribution in [1.82, 2.24) is 4.31 Å². The monoisotopic (exact) mass is 454 g/mol. The smallest absolute Gasteiger partial charge is 0.246 e. The molecule has 1 aliphatic rings. The van der Waals surface area contributed by atoms with Crippen molar-refractivity contribution in [3.63, 3.8) is 0 Å². The lowest BCUT2D eigenvalue weighted by molar-refractivity contribution is -0.120. The van der Waals surface area contributed by atoms with Crippen molar-refractivity contribution < 1.29 is 17.9 Å². The number of ether oxygens (including phenoxy) is 1. The fourth-order valence-electron chi connectivity index (χ4n) is 3.31. The van der Waals surface area contributed by atoms with Crippen LogP contribution in [0.4, 0.5) is 5.69 Å². The van der Waals surface area contributed by atoms with Crippen LogP contribution in [-0.2, 0) is 14.8 Å². The standard InChI is InChI=1S/C20H23ClN2O4S2/c1-27-18-9-8-15(21)11-19(18)29(25,26)23-10-4-5-14(13-23)20(24)22-16-6-3-7-17(12-16)28-2/h3,6-9,11-12,14H,4-5,10,13H2,1-2H3,(H,22,24)/t14-/m1/s1. The minimum absolute atomic E-state index is 0.0150. The third-order valence-corrected chi connectivity index (χ3v) is 7.68. The first kappa shape index (κ1) is 22.0. The second-order valence-electron chi connectivity index (χ2n) is 6.72. The fourth-order valence-corrected chi connectivity index (χ4v) is 5.71. The summed E-state index contributed by atoms with van der Waals surface area (Å²) in [5, 5.41) is 3.22. The van der Waals surface area contributed by atoms with Crippen LogP contribution in [-0.4, -0.2) is 45.1 Å². The van der Waals surface area contributed by atoms with Gasteiger partial charge in [-0.15, -0.1) is 11.8 Å². The van der Waals surface area contributed by atoms with Gasteiger partial charge in [-0.05, 0) is 55.5 Å². The molecule has 1 atom stereocenters. The van der Waals surface area contributed by atoms with E-state index < -0.39 is 15.9 Å². The van der Waals surface area contributed by atoms with E-state index in [0.717, 1.165) is 4.90 Å². The molecule has 1 N–H and O–H groups in total. The molecule has 0 unspecified atom stereocenters. The van der Waals surface area contributed by atoms with E-state index in [-0.39, 0.29) is 23.1 Å². The van der Waals surface area contributed by atoms with Gasteiger partial charge in [-0.3, -0.25) is 4.79 Å². The molecule has 0 radical (unpaired) electrons. The van der Waals surface area contributed by atoms with Crippen molar-refractivity contribution in [2.75, 3.05) is 31.8 Å². The molecule has 1 saturated heterocycles. The number of nitrogens with zero attached hydrogens (tertiary/aromatic N) is 1. The van der Waals surface area contributed by atoms with E-state index in [1.807, 2.05) is 30.5 Å². The summed E-state index contributed by atoms with van der Waals surface area (Å²) in [6.45, 7) is 0.468. The summed E-state index contributed by atoms with van der Waals surface area (Å²) in [4.78, 5) is 13.8. The van der Waals surface area contributed by atoms with E-state index in [9.17, 15) is 13.2 Å². The Morgan fingerprint density at radius 2 is 2.07 bits per heavy atom. The number of rotatable bonds is 6. The normalized spacial score (nSPS) is 17.7. The number of hydrogen-bond donors (Lipinski definition) is 1. The van der Waals surface area contributed by atoms with Crippen LogP contribution in [0.3, 0.4) is 0 Å². The number of nitrogens with one attached hydrogen (secondary N) is 1. The zero-order valence-electron chi connectivity index (χ0n) is 16.2. The highest BCUT2D eigenvalue weighted by atomic mass is 35.5. The number of benzene rings is 2. The van der Waals surface area contributed by atoms with Crippen LogP contribution in [0.2, 0.25) is 5.02 Å². The van der Waals surface area contributed by atoms with E-state index in [2.05, 4.69) is 5.32 Å². The maximum absolute atomic E-state index is 13.2. The Labute approximate surface area is 180 Å². The Bertz CT molecular complexity index is 998. The minimum Gasteiger partial charge on any atom is -0.495 e. The Kier molecular flexibility index (Phi) is 7.10. The topological polar surface area (TPSA) is 75.7 Å². The van der Waals surface area contributed by atoms with Gasteiger partial charge in [0.2, 0.25) is 15.9 Å². The van der Waals surface area contributed by atoms with Crippen molar-refractivity contribution >= 4 is 45.0 Å². The Morgan fingerprint density at radius 3 is 2.79 bits per heavy atom. The molecule has 0 aromatic heterocycles. The van der Waals surface area contributed by atoms with Gasteiger partial charge in [0.15, 0.2) is 0 Å². The molecule has 3 rings (SSSR count). The molecular formula is C20H23ClN2O4S2. The maximum Gasteiger partial charge on any atom is 0.246 e. The molecule has 0 saturated carbocycles. The number of hydrogen-bond acceptors (Lipinski definition) is 5. The lowest BCUT2D eigenvalue weighted by Crippen LogP contribution is -2.43. The number of amides is 1. The Hall–Kier alpha value is -1.74. The molecule has 2 aromatic rings. The van der Waals surface area contributed by atoms with Gasteiger partial charge < -0.3 is 10.1 Å². The molecule has 9 heteroatoms. The van der Waals surface area contributed by atoms with Crippen LogP contribution >= 0.6 is 23.4 Å². The summed E-state index contributed by atoms with van der Waals surface area (Å²) in [5.41, 5.74) is 0.707. The van der Waals surface area contributed by atoms with E-state index in [1.54, 1.807) is 17.8 Å². The largest absolute Gasteiger partial charge is 0.495 e. The average Bonchev–Trinajstić information content (AvgIpc) is 2.74. The summed E-state index contributed by atoms with van der Waals surface area (Å²) in [5.74, 6) is -0.377. The predicted molar refractivity (Wildman–Crippen MR) is 116 cm³/mol. The molecular weight excluding hydrogens is 432 g/mol. The molecule has 6 nitrogen and oxygen atoms in total. The molecule has 1 fully saturated rings. The van der Waals surface area contributed by atoms with Gasteiger partial charge in [-0.2, -0.15) is 4.31 Å². The molecule has 29 heavy (non-hydrogen) atoms. The number of sulfonamides is 1. The van der Waals surface area contributed by atoms with Crippen LogP contribution in [0.25, 0.3) is 0 Å². The lowest BCUT2D eigenvalue weighted by atomic mass is 9.99. The van der Waals surface area contributed by atoms with Gasteiger partial charge in [0.1, 0.15) is 10.6 Å². The molecule has 156 valence electrons. The molecule has 1 aliphatic heterocycles. The third-order valence-electron chi connectivity index (χ3n) is 4.84. The second-order valence-corrected chi connectivity index (χ2v) is 9.94. The zero-order chi connectivity index (χ0) is 21.0. The van der Waals surface area contributed by atoms with Crippen LogP contribution < -0.4 is 10.1 Å². The number of halogens is 1. The van der Waals surface area contributed by atoms with Gasteiger partial charge in [0, 0.05) is 28.7 Å². The van der Waals surface area contributed by atoms with Crippen molar-refractivity contribution in [3.8, 4) is 5.75 Å². The molecule has 1 amide bonds. The van der Waals surface area contributed by atoms with Crippen molar-refractivity contribution in [3.05, 3.63) is 47.5 Å². The van der Waals surface area contributed by atoms with E-state index in [1.165, 1.54) is 23.5 Å². The lowest BCUT2D eigenvalue weighted by Gasteiger charge is -2.31. The number of carbonyl (C=O) groups is 1. The quantitative estimate of drug-likeness (QED) is 0.665. The first-order valence-electron chi connectivity index (χ1n) is 9.13. The van der Waals surface area contributed by atoms with Crippen LogP contribution in [0.1, 0.15) is 12.8 Å². The average molecular weight is 455 g/mol. The first-order chi connectivity index (χ1) is 13.8. The molecule has 0 spiro atoms. The third kappa shape index (κ3) is 5.06. The van der Waals surface area contributed by atoms with E-state index in [4.69, 9.17) is 16.3 Å². The summed E-state index contributed by atoms with van der Waals surface area (Å²) in [6, 6.07) is 12.1. The Balaban J connectivity index is 1.77. The summed E-state index contributed by atoms with van der Waals surface area (Å²) < 4.78 is 32.9. The molecule has 1 heterocycles. The van der Waals surface area contributed by atoms with Crippen molar-refractivity contribution in [2.45, 2.75) is 22.6 Å². The summed E-state index contributed by atoms with van der Waals surface area (Å²) in [7, 11) is -2.42. The highest BCUT2D eigenvalue weighted by molar-refractivity contribution is 7.98. The molecule has 0 aliphatic carbocycles. The van der Waals surface area contributed by atoms with Crippen LogP contribution in [0, 0.1) is 5.92 Å². The number of thioether (sulfide) groups is 1. The number of anilines is 1. The van der Waals surface area contributed by atoms with Crippen molar-refractivity contribution in [1.29, 1.82) is 0 Å². The van der Waals surface area contributed by atoms with Gasteiger partial charge in [0.25, 0.3) is 0 Å². The first-order valence-corrected chi connectivity index (χ1v) is 12.2. The fraction of sp³-hybridized carbons (Fsp3) is 0.350. The van der Waals surface area contributed by atoms with Crippen LogP contribution in [0.15, 0.2) is 52.3 Å². The zero-order valence-corrected chi connectivity index (χ0v) is 18.6. The van der Waals surface area contributed by atoms with Crippen LogP contribution in [0.5, 0.6) is 5.75 Å². The minimum atomic E-state index is -3.84. The van der Waals surface area contributed by atoms with E-state index >= 15 is 0 Å². The Morgan fingerprint density at radius 1 is 1.28 bits per heavy atom. The number of carbonyl (C=O) groups excluding carboxylic acids is 1. The van der Waals surface area contributed by atoms with E-state index in [0.29, 0.717) is 30.1 Å². The van der Waals surface area contributed by atoms with Gasteiger partial charge in [0.05, 0.1) is 13.0 Å². The highest BCUT2D eigenvalue weighted by Crippen LogP contribution is 2.32. The van der Waals surface area contributed by atoms with Crippen molar-refractivity contribution in [2.24, 2.45) is 5.92 Å². The predicted octanol–water partition coefficient (Wildman–Crippen LogP) is 4.11. The summed E-state index contributed by atoms with van der Waals surface area (Å²) in [6.07, 6.45) is 3.20. The number of methoxy groups -OCH3 is 1. The SMILES string of the molecule is COc1ccc(Cl)cc1S(=O)(=O)N1CCC[C@@H](C(=O)Nc2cccc(SC)c2)C1. The second kappa shape index (κ2) is 9.38. The van der Waals surface area contributed by atoms with Gasteiger partial charge in [-0.25, -0.2) is 8.42 Å².